The molecule has 3 aromatic heterocycles. The molecule has 11 heteroatoms. The van der Waals surface area contributed by atoms with E-state index < -0.39 is 5.91 Å². The predicted octanol–water partition coefficient (Wildman–Crippen LogP) is 3.17. The van der Waals surface area contributed by atoms with Crippen LogP contribution in [-0.4, -0.2) is 48.5 Å². The second-order valence-electron chi connectivity index (χ2n) is 7.90. The monoisotopic (exact) mass is 473 g/mol. The molecule has 0 saturated heterocycles. The van der Waals surface area contributed by atoms with Crippen LogP contribution in [0.25, 0.3) is 11.1 Å². The summed E-state index contributed by atoms with van der Waals surface area (Å²) in [4.78, 5) is 33.3. The number of imidazole rings is 1. The molecule has 0 aliphatic rings. The second-order valence-corrected chi connectivity index (χ2v) is 11.0. The first-order valence-corrected chi connectivity index (χ1v) is 12.4. The average molecular weight is 474 g/mol. The molecular formula is C21H27N7O2S2. The van der Waals surface area contributed by atoms with Gasteiger partial charge in [-0.3, -0.25) is 9.59 Å². The fourth-order valence-electron chi connectivity index (χ4n) is 3.10. The number of nitrogen functional groups attached to an aromatic ring is 1. The molecule has 0 unspecified atom stereocenters. The van der Waals surface area contributed by atoms with Crippen LogP contribution in [0, 0.1) is 0 Å². The highest BCUT2D eigenvalue weighted by Crippen LogP contribution is 2.33. The minimum atomic E-state index is -0.398. The van der Waals surface area contributed by atoms with Gasteiger partial charge in [-0.15, -0.1) is 0 Å². The number of rotatable bonds is 8. The van der Waals surface area contributed by atoms with E-state index in [4.69, 9.17) is 5.73 Å². The highest BCUT2D eigenvalue weighted by atomic mass is 33.1. The molecule has 3 heterocycles. The molecule has 2 amide bonds. The van der Waals surface area contributed by atoms with Gasteiger partial charge in [0.1, 0.15) is 17.3 Å². The van der Waals surface area contributed by atoms with Crippen LogP contribution in [0.3, 0.4) is 0 Å². The molecule has 3 rings (SSSR count). The van der Waals surface area contributed by atoms with Crippen molar-refractivity contribution in [1.29, 1.82) is 0 Å². The Labute approximate surface area is 195 Å². The molecule has 4 N–H and O–H groups in total. The predicted molar refractivity (Wildman–Crippen MR) is 132 cm³/mol. The number of nitrogens with zero attached hydrogens (tertiary/aromatic N) is 4. The maximum atomic E-state index is 12.7. The average Bonchev–Trinajstić information content (AvgIpc) is 3.28. The van der Waals surface area contributed by atoms with E-state index in [-0.39, 0.29) is 22.3 Å². The zero-order valence-electron chi connectivity index (χ0n) is 18.7. The van der Waals surface area contributed by atoms with Crippen molar-refractivity contribution in [2.45, 2.75) is 18.6 Å². The lowest BCUT2D eigenvalue weighted by molar-refractivity contribution is 0.0942. The van der Waals surface area contributed by atoms with Gasteiger partial charge in [0.25, 0.3) is 11.8 Å². The normalized spacial score (nSPS) is 11.4. The van der Waals surface area contributed by atoms with Gasteiger partial charge < -0.3 is 25.5 Å². The number of hydrogen-bond acceptors (Lipinski definition) is 7. The van der Waals surface area contributed by atoms with Gasteiger partial charge in [0.2, 0.25) is 5.82 Å². The van der Waals surface area contributed by atoms with Crippen molar-refractivity contribution in [3.63, 3.8) is 0 Å². The van der Waals surface area contributed by atoms with Crippen LogP contribution in [0.2, 0.25) is 0 Å². The van der Waals surface area contributed by atoms with Crippen LogP contribution in [0.5, 0.6) is 0 Å². The lowest BCUT2D eigenvalue weighted by Crippen LogP contribution is -2.36. The second kappa shape index (κ2) is 9.70. The maximum absolute atomic E-state index is 12.7. The highest BCUT2D eigenvalue weighted by molar-refractivity contribution is 8.76. The Balaban J connectivity index is 1.68. The van der Waals surface area contributed by atoms with E-state index in [9.17, 15) is 9.59 Å². The SMILES string of the molecule is CSSC(C)(C)CNC(=O)c1cc(-c2ccc(NC(=O)c3nc(N)cn3C)nc2)cn1C. The molecule has 0 fully saturated rings. The van der Waals surface area contributed by atoms with Crippen LogP contribution < -0.4 is 16.4 Å². The number of nitrogens with two attached hydrogens (primary N) is 1. The minimum Gasteiger partial charge on any atom is -0.382 e. The van der Waals surface area contributed by atoms with Gasteiger partial charge in [-0.2, -0.15) is 0 Å². The fourth-order valence-corrected chi connectivity index (χ4v) is 5.21. The quantitative estimate of drug-likeness (QED) is 0.430. The van der Waals surface area contributed by atoms with Gasteiger partial charge in [-0.05, 0) is 38.3 Å². The lowest BCUT2D eigenvalue weighted by atomic mass is 10.1. The topological polar surface area (TPSA) is 120 Å². The fraction of sp³-hybridized carbons (Fsp3) is 0.333. The molecule has 0 spiro atoms. The summed E-state index contributed by atoms with van der Waals surface area (Å²) in [6, 6.07) is 5.37. The van der Waals surface area contributed by atoms with E-state index in [0.29, 0.717) is 18.1 Å². The number of aryl methyl sites for hydroxylation is 2. The summed E-state index contributed by atoms with van der Waals surface area (Å²) >= 11 is 0. The maximum Gasteiger partial charge on any atom is 0.292 e. The van der Waals surface area contributed by atoms with E-state index in [1.54, 1.807) is 56.2 Å². The van der Waals surface area contributed by atoms with Crippen LogP contribution >= 0.6 is 21.6 Å². The Morgan fingerprint density at radius 2 is 1.88 bits per heavy atom. The zero-order valence-corrected chi connectivity index (χ0v) is 20.3. The molecule has 3 aromatic rings. The Morgan fingerprint density at radius 1 is 1.12 bits per heavy atom. The van der Waals surface area contributed by atoms with Crippen LogP contribution in [0.15, 0.2) is 36.8 Å². The number of pyridine rings is 1. The summed E-state index contributed by atoms with van der Waals surface area (Å²) in [7, 11) is 6.94. The van der Waals surface area contributed by atoms with E-state index >= 15 is 0 Å². The molecule has 170 valence electrons. The van der Waals surface area contributed by atoms with Gasteiger partial charge in [-0.1, -0.05) is 21.6 Å². The van der Waals surface area contributed by atoms with E-state index in [1.807, 2.05) is 31.6 Å². The first-order chi connectivity index (χ1) is 15.1. The Morgan fingerprint density at radius 3 is 2.47 bits per heavy atom. The zero-order chi connectivity index (χ0) is 23.5. The molecule has 0 aromatic carbocycles. The first kappa shape index (κ1) is 23.7. The molecule has 0 radical (unpaired) electrons. The van der Waals surface area contributed by atoms with Crippen molar-refractivity contribution in [2.24, 2.45) is 14.1 Å². The molecule has 0 atom stereocenters. The van der Waals surface area contributed by atoms with Gasteiger partial charge in [0, 0.05) is 55.1 Å². The third kappa shape index (κ3) is 5.65. The van der Waals surface area contributed by atoms with E-state index in [0.717, 1.165) is 11.1 Å². The van der Waals surface area contributed by atoms with Gasteiger partial charge in [-0.25, -0.2) is 9.97 Å². The van der Waals surface area contributed by atoms with Crippen molar-refractivity contribution in [3.8, 4) is 11.1 Å². The highest BCUT2D eigenvalue weighted by Gasteiger charge is 2.21. The Bertz CT molecular complexity index is 1120. The number of amides is 2. The van der Waals surface area contributed by atoms with Gasteiger partial charge >= 0.3 is 0 Å². The summed E-state index contributed by atoms with van der Waals surface area (Å²) in [6.07, 6.45) is 7.12. The van der Waals surface area contributed by atoms with E-state index in [1.165, 1.54) is 0 Å². The standard InChI is InChI=1S/C21H27N7O2S2/c1-21(2,32-31-5)12-24-19(29)15-8-14(10-27(15)3)13-6-7-17(23-9-13)26-20(30)18-25-16(22)11-28(18)4/h6-11H,12,22H2,1-5H3,(H,24,29)(H,23,26,30). The number of hydrogen-bond donors (Lipinski definition) is 3. The molecule has 0 aliphatic heterocycles. The number of carbonyl (C=O) groups is 2. The number of aromatic nitrogens is 4. The molecular weight excluding hydrogens is 446 g/mol. The number of anilines is 2. The lowest BCUT2D eigenvalue weighted by Gasteiger charge is -2.22. The van der Waals surface area contributed by atoms with Crippen molar-refractivity contribution in [2.75, 3.05) is 23.9 Å². The van der Waals surface area contributed by atoms with Gasteiger partial charge in [0.15, 0.2) is 0 Å². The van der Waals surface area contributed by atoms with E-state index in [2.05, 4.69) is 34.4 Å². The summed E-state index contributed by atoms with van der Waals surface area (Å²) in [6.45, 7) is 4.76. The molecule has 0 bridgehead atoms. The Hall–Kier alpha value is -2.92. The first-order valence-electron chi connectivity index (χ1n) is 9.82. The molecule has 32 heavy (non-hydrogen) atoms. The summed E-state index contributed by atoms with van der Waals surface area (Å²) in [5.41, 5.74) is 7.88. The molecule has 0 aliphatic carbocycles. The van der Waals surface area contributed by atoms with Crippen molar-refractivity contribution >= 4 is 45.0 Å². The van der Waals surface area contributed by atoms with Crippen molar-refractivity contribution < 1.29 is 9.59 Å². The summed E-state index contributed by atoms with van der Waals surface area (Å²) < 4.78 is 3.28. The van der Waals surface area contributed by atoms with Crippen molar-refractivity contribution in [1.82, 2.24) is 24.4 Å². The van der Waals surface area contributed by atoms with Gasteiger partial charge in [0.05, 0.1) is 0 Å². The third-order valence-corrected chi connectivity index (χ3v) is 7.27. The third-order valence-electron chi connectivity index (χ3n) is 4.66. The molecule has 9 nitrogen and oxygen atoms in total. The number of carbonyl (C=O) groups excluding carboxylic acids is 2. The summed E-state index contributed by atoms with van der Waals surface area (Å²) in [5, 5.41) is 5.71. The summed E-state index contributed by atoms with van der Waals surface area (Å²) in [5.74, 6) is 0.343. The Kier molecular flexibility index (Phi) is 7.19. The minimum absolute atomic E-state index is 0.0616. The number of nitrogens with one attached hydrogen (secondary N) is 2. The molecule has 0 saturated carbocycles. The van der Waals surface area contributed by atoms with Crippen LogP contribution in [-0.2, 0) is 14.1 Å². The van der Waals surface area contributed by atoms with Crippen LogP contribution in [0.4, 0.5) is 11.6 Å². The van der Waals surface area contributed by atoms with Crippen LogP contribution in [0.1, 0.15) is 35.0 Å². The largest absolute Gasteiger partial charge is 0.382 e. The van der Waals surface area contributed by atoms with Crippen molar-refractivity contribution in [3.05, 3.63) is 48.3 Å². The smallest absolute Gasteiger partial charge is 0.292 e.